The Kier molecular flexibility index (Phi) is 4.31. The van der Waals surface area contributed by atoms with Crippen LogP contribution in [0.25, 0.3) is 22.7 Å². The molecule has 0 bridgehead atoms. The lowest BCUT2D eigenvalue weighted by Gasteiger charge is -2.03. The number of carbonyl (C=O) groups is 1. The van der Waals surface area contributed by atoms with Crippen LogP contribution in [0.4, 0.5) is 8.78 Å². The van der Waals surface area contributed by atoms with Crippen molar-refractivity contribution in [3.63, 3.8) is 0 Å². The van der Waals surface area contributed by atoms with Crippen LogP contribution < -0.4 is 5.32 Å². The van der Waals surface area contributed by atoms with Gasteiger partial charge in [-0.05, 0) is 23.8 Å². The summed E-state index contributed by atoms with van der Waals surface area (Å²) >= 11 is 0. The van der Waals surface area contributed by atoms with Crippen LogP contribution in [0.15, 0.2) is 53.5 Å². The van der Waals surface area contributed by atoms with E-state index in [9.17, 15) is 13.6 Å². The molecule has 4 heterocycles. The van der Waals surface area contributed by atoms with Crippen molar-refractivity contribution < 1.29 is 18.0 Å². The Labute approximate surface area is 168 Å². The van der Waals surface area contributed by atoms with Gasteiger partial charge < -0.3 is 14.3 Å². The summed E-state index contributed by atoms with van der Waals surface area (Å²) in [5.74, 6) is -0.795. The second-order valence-electron chi connectivity index (χ2n) is 6.77. The summed E-state index contributed by atoms with van der Waals surface area (Å²) in [6.07, 6.45) is 2.24. The van der Waals surface area contributed by atoms with Crippen LogP contribution in [0.3, 0.4) is 0 Å². The quantitative estimate of drug-likeness (QED) is 0.544. The molecule has 0 saturated carbocycles. The van der Waals surface area contributed by atoms with Crippen LogP contribution >= 0.6 is 0 Å². The second-order valence-corrected chi connectivity index (χ2v) is 6.77. The maximum absolute atomic E-state index is 12.6. The minimum absolute atomic E-state index is 0.00471. The fourth-order valence-corrected chi connectivity index (χ4v) is 3.24. The van der Waals surface area contributed by atoms with Crippen LogP contribution in [0, 0.1) is 0 Å². The van der Waals surface area contributed by atoms with Gasteiger partial charge >= 0.3 is 6.43 Å². The summed E-state index contributed by atoms with van der Waals surface area (Å²) in [6.45, 7) is 1.02. The molecular formula is C20H14F2N6O2. The number of amides is 1. The number of nitrogens with zero attached hydrogens (tertiary/aromatic N) is 5. The highest BCUT2D eigenvalue weighted by molar-refractivity contribution is 5.99. The maximum Gasteiger partial charge on any atom is 0.314 e. The van der Waals surface area contributed by atoms with Gasteiger partial charge in [0.2, 0.25) is 5.89 Å². The highest BCUT2D eigenvalue weighted by atomic mass is 19.3. The first-order chi connectivity index (χ1) is 14.6. The highest BCUT2D eigenvalue weighted by Gasteiger charge is 2.20. The molecule has 1 N–H and O–H groups in total. The number of aromatic nitrogens is 5. The van der Waals surface area contributed by atoms with E-state index in [0.29, 0.717) is 24.2 Å². The van der Waals surface area contributed by atoms with Crippen LogP contribution in [-0.4, -0.2) is 30.6 Å². The van der Waals surface area contributed by atoms with Gasteiger partial charge in [0.15, 0.2) is 0 Å². The van der Waals surface area contributed by atoms with E-state index in [1.54, 1.807) is 18.5 Å². The Morgan fingerprint density at radius 1 is 1.13 bits per heavy atom. The van der Waals surface area contributed by atoms with Gasteiger partial charge in [-0.25, -0.2) is 4.98 Å². The summed E-state index contributed by atoms with van der Waals surface area (Å²) < 4.78 is 31.9. The Morgan fingerprint density at radius 2 is 2.00 bits per heavy atom. The highest BCUT2D eigenvalue weighted by Crippen LogP contribution is 2.25. The van der Waals surface area contributed by atoms with Crippen molar-refractivity contribution in [2.75, 3.05) is 0 Å². The first kappa shape index (κ1) is 18.1. The van der Waals surface area contributed by atoms with Crippen LogP contribution in [0.2, 0.25) is 0 Å². The first-order valence-electron chi connectivity index (χ1n) is 9.07. The van der Waals surface area contributed by atoms with Gasteiger partial charge in [-0.3, -0.25) is 9.78 Å². The van der Waals surface area contributed by atoms with E-state index in [1.165, 1.54) is 6.20 Å². The molecule has 10 heteroatoms. The number of hydrogen-bond donors (Lipinski definition) is 1. The third-order valence-corrected chi connectivity index (χ3v) is 4.77. The largest absolute Gasteiger partial charge is 0.415 e. The fourth-order valence-electron chi connectivity index (χ4n) is 3.24. The van der Waals surface area contributed by atoms with E-state index in [2.05, 4.69) is 25.5 Å². The molecule has 1 aliphatic rings. The number of benzene rings is 1. The molecule has 0 spiro atoms. The molecule has 150 valence electrons. The predicted molar refractivity (Wildman–Crippen MR) is 100 cm³/mol. The molecule has 5 rings (SSSR count). The SMILES string of the molecule is O=C1NCc2ccc(-c3cn(Cc4ccc(-c5nnc(C(F)F)o5)cn4)cn3)cc21. The van der Waals surface area contributed by atoms with Crippen LogP contribution in [-0.2, 0) is 13.1 Å². The number of alkyl halides is 2. The summed E-state index contributed by atoms with van der Waals surface area (Å²) in [5, 5.41) is 9.72. The molecule has 0 atom stereocenters. The van der Waals surface area contributed by atoms with Gasteiger partial charge in [0, 0.05) is 30.1 Å². The topological polar surface area (TPSA) is 98.7 Å². The van der Waals surface area contributed by atoms with Gasteiger partial charge in [0.25, 0.3) is 11.8 Å². The number of halogens is 2. The number of pyridine rings is 1. The molecular weight excluding hydrogens is 394 g/mol. The number of hydrogen-bond acceptors (Lipinski definition) is 6. The number of rotatable bonds is 5. The van der Waals surface area contributed by atoms with Gasteiger partial charge in [-0.15, -0.1) is 10.2 Å². The lowest BCUT2D eigenvalue weighted by molar-refractivity contribution is 0.0965. The lowest BCUT2D eigenvalue weighted by Crippen LogP contribution is -2.12. The molecule has 0 radical (unpaired) electrons. The van der Waals surface area contributed by atoms with Crippen molar-refractivity contribution in [3.8, 4) is 22.7 Å². The van der Waals surface area contributed by atoms with E-state index in [1.807, 2.05) is 29.0 Å². The zero-order valence-corrected chi connectivity index (χ0v) is 15.4. The van der Waals surface area contributed by atoms with E-state index in [0.717, 1.165) is 22.5 Å². The molecule has 1 amide bonds. The average Bonchev–Trinajstić information content (AvgIpc) is 3.49. The van der Waals surface area contributed by atoms with Crippen molar-refractivity contribution in [2.45, 2.75) is 19.5 Å². The van der Waals surface area contributed by atoms with Crippen LogP contribution in [0.5, 0.6) is 0 Å². The normalized spacial score (nSPS) is 13.0. The Bertz CT molecular complexity index is 1230. The zero-order chi connectivity index (χ0) is 20.7. The third kappa shape index (κ3) is 3.32. The smallest absolute Gasteiger partial charge is 0.314 e. The minimum Gasteiger partial charge on any atom is -0.415 e. The molecule has 0 unspecified atom stereocenters. The zero-order valence-electron chi connectivity index (χ0n) is 15.4. The molecule has 8 nitrogen and oxygen atoms in total. The number of carbonyl (C=O) groups excluding carboxylic acids is 1. The average molecular weight is 408 g/mol. The Hall–Kier alpha value is -3.95. The van der Waals surface area contributed by atoms with Gasteiger partial charge in [0.1, 0.15) is 0 Å². The van der Waals surface area contributed by atoms with Gasteiger partial charge in [0.05, 0.1) is 29.8 Å². The minimum atomic E-state index is -2.81. The lowest BCUT2D eigenvalue weighted by atomic mass is 10.0. The molecule has 30 heavy (non-hydrogen) atoms. The van der Waals surface area contributed by atoms with Crippen molar-refractivity contribution >= 4 is 5.91 Å². The molecule has 4 aromatic rings. The fraction of sp³-hybridized carbons (Fsp3) is 0.150. The summed E-state index contributed by atoms with van der Waals surface area (Å²) in [5.41, 5.74) is 4.47. The van der Waals surface area contributed by atoms with E-state index >= 15 is 0 Å². The summed E-state index contributed by atoms with van der Waals surface area (Å²) in [7, 11) is 0. The number of fused-ring (bicyclic) bond motifs is 1. The van der Waals surface area contributed by atoms with Crippen molar-refractivity contribution in [2.24, 2.45) is 0 Å². The molecule has 0 aliphatic carbocycles. The number of nitrogens with one attached hydrogen (secondary N) is 1. The van der Waals surface area contributed by atoms with Crippen molar-refractivity contribution in [1.82, 2.24) is 30.0 Å². The third-order valence-electron chi connectivity index (χ3n) is 4.77. The molecule has 1 aliphatic heterocycles. The van der Waals surface area contributed by atoms with E-state index in [-0.39, 0.29) is 11.8 Å². The maximum atomic E-state index is 12.6. The number of imidazole rings is 1. The van der Waals surface area contributed by atoms with Gasteiger partial charge in [-0.1, -0.05) is 12.1 Å². The Morgan fingerprint density at radius 3 is 2.77 bits per heavy atom. The van der Waals surface area contributed by atoms with Crippen molar-refractivity contribution in [3.05, 3.63) is 71.8 Å². The molecule has 3 aromatic heterocycles. The van der Waals surface area contributed by atoms with Gasteiger partial charge in [-0.2, -0.15) is 8.78 Å². The molecule has 0 fully saturated rings. The standard InChI is InChI=1S/C20H14F2N6O2/c21-17(22)20-27-26-19(30-20)13-3-4-14(23-7-13)8-28-9-16(25-10-28)11-1-2-12-6-24-18(29)15(12)5-11/h1-5,7,9-10,17H,6,8H2,(H,24,29). The van der Waals surface area contributed by atoms with Crippen molar-refractivity contribution in [1.29, 1.82) is 0 Å². The summed E-state index contributed by atoms with van der Waals surface area (Å²) in [4.78, 5) is 20.6. The second kappa shape index (κ2) is 7.14. The first-order valence-corrected chi connectivity index (χ1v) is 9.07. The molecule has 0 saturated heterocycles. The summed E-state index contributed by atoms with van der Waals surface area (Å²) in [6, 6.07) is 9.15. The van der Waals surface area contributed by atoms with Crippen LogP contribution in [0.1, 0.15) is 33.9 Å². The predicted octanol–water partition coefficient (Wildman–Crippen LogP) is 3.22. The van der Waals surface area contributed by atoms with E-state index in [4.69, 9.17) is 4.42 Å². The molecule has 1 aromatic carbocycles. The van der Waals surface area contributed by atoms with E-state index < -0.39 is 12.3 Å². The Balaban J connectivity index is 1.32. The monoisotopic (exact) mass is 408 g/mol.